The Morgan fingerprint density at radius 2 is 1.61 bits per heavy atom. The first-order valence-electron chi connectivity index (χ1n) is 5.60. The number of halogens is 2. The molecule has 0 atom stereocenters. The van der Waals surface area contributed by atoms with Gasteiger partial charge in [0.05, 0.1) is 5.56 Å². The number of hydrogen-bond acceptors (Lipinski definition) is 0. The molecular weight excluding hydrogens is 230 g/mol. The monoisotopic (exact) mass is 242 g/mol. The fraction of sp³-hybridized carbons (Fsp3) is 0.125. The van der Waals surface area contributed by atoms with Gasteiger partial charge in [-0.3, -0.25) is 0 Å². The first kappa shape index (κ1) is 12.3. The molecule has 0 fully saturated rings. The van der Waals surface area contributed by atoms with Crippen LogP contribution in [0.5, 0.6) is 0 Å². The van der Waals surface area contributed by atoms with Gasteiger partial charge in [-0.2, -0.15) is 0 Å². The molecule has 0 saturated heterocycles. The normalized spacial score (nSPS) is 9.78. The van der Waals surface area contributed by atoms with Crippen molar-refractivity contribution in [1.29, 1.82) is 0 Å². The lowest BCUT2D eigenvalue weighted by Crippen LogP contribution is -1.86. The molecule has 2 aromatic rings. The van der Waals surface area contributed by atoms with E-state index in [0.717, 1.165) is 5.56 Å². The van der Waals surface area contributed by atoms with Gasteiger partial charge in [0.1, 0.15) is 11.6 Å². The van der Waals surface area contributed by atoms with E-state index in [1.54, 1.807) is 31.2 Å². The third-order valence-corrected chi connectivity index (χ3v) is 2.64. The van der Waals surface area contributed by atoms with Crippen LogP contribution in [0, 0.1) is 37.3 Å². The fourth-order valence-corrected chi connectivity index (χ4v) is 1.53. The van der Waals surface area contributed by atoms with Crippen molar-refractivity contribution < 1.29 is 8.78 Å². The number of benzene rings is 2. The van der Waals surface area contributed by atoms with Crippen molar-refractivity contribution in [3.63, 3.8) is 0 Å². The summed E-state index contributed by atoms with van der Waals surface area (Å²) in [6.07, 6.45) is 0. The van der Waals surface area contributed by atoms with Crippen molar-refractivity contribution in [1.82, 2.24) is 0 Å². The Balaban J connectivity index is 2.34. The van der Waals surface area contributed by atoms with Crippen LogP contribution in [-0.4, -0.2) is 0 Å². The second kappa shape index (κ2) is 5.01. The molecule has 0 aromatic heterocycles. The minimum absolute atomic E-state index is 0.300. The van der Waals surface area contributed by atoms with Crippen molar-refractivity contribution in [2.24, 2.45) is 0 Å². The van der Waals surface area contributed by atoms with E-state index in [2.05, 4.69) is 11.8 Å². The third kappa shape index (κ3) is 2.75. The van der Waals surface area contributed by atoms with E-state index in [-0.39, 0.29) is 11.6 Å². The molecule has 0 aliphatic heterocycles. The summed E-state index contributed by atoms with van der Waals surface area (Å²) in [4.78, 5) is 0. The molecule has 0 unspecified atom stereocenters. The van der Waals surface area contributed by atoms with Crippen molar-refractivity contribution in [2.75, 3.05) is 0 Å². The highest BCUT2D eigenvalue weighted by atomic mass is 19.1. The van der Waals surface area contributed by atoms with Crippen LogP contribution in [0.4, 0.5) is 8.78 Å². The third-order valence-electron chi connectivity index (χ3n) is 2.64. The van der Waals surface area contributed by atoms with Crippen molar-refractivity contribution in [3.05, 3.63) is 70.3 Å². The predicted octanol–water partition coefficient (Wildman–Crippen LogP) is 3.98. The van der Waals surface area contributed by atoms with Gasteiger partial charge in [0, 0.05) is 5.56 Å². The molecule has 2 heteroatoms. The lowest BCUT2D eigenvalue weighted by molar-refractivity contribution is 0.618. The standard InChI is InChI=1S/C16H12F2/c1-11-3-7-14(16(18)9-11)8-6-13-5-4-12(2)15(17)10-13/h3-5,7,9-10H,1-2H3. The second-order valence-corrected chi connectivity index (χ2v) is 4.20. The Morgan fingerprint density at radius 1 is 0.833 bits per heavy atom. The zero-order valence-electron chi connectivity index (χ0n) is 10.2. The highest BCUT2D eigenvalue weighted by Crippen LogP contribution is 2.10. The largest absolute Gasteiger partial charge is 0.207 e. The maximum absolute atomic E-state index is 13.5. The Morgan fingerprint density at radius 3 is 2.28 bits per heavy atom. The van der Waals surface area contributed by atoms with E-state index in [0.29, 0.717) is 16.7 Å². The Kier molecular flexibility index (Phi) is 3.43. The molecule has 0 amide bonds. The Bertz CT molecular complexity index is 646. The Hall–Kier alpha value is -2.14. The van der Waals surface area contributed by atoms with E-state index in [9.17, 15) is 8.78 Å². The van der Waals surface area contributed by atoms with Gasteiger partial charge in [0.25, 0.3) is 0 Å². The molecule has 2 rings (SSSR count). The summed E-state index contributed by atoms with van der Waals surface area (Å²) in [5.41, 5.74) is 2.28. The SMILES string of the molecule is Cc1ccc(C#Cc2ccc(C)c(F)c2)c(F)c1. The zero-order valence-corrected chi connectivity index (χ0v) is 10.2. The van der Waals surface area contributed by atoms with Gasteiger partial charge in [-0.05, 0) is 49.2 Å². The van der Waals surface area contributed by atoms with E-state index in [4.69, 9.17) is 0 Å². The molecule has 90 valence electrons. The molecule has 18 heavy (non-hydrogen) atoms. The summed E-state index contributed by atoms with van der Waals surface area (Å²) in [5.74, 6) is 4.82. The quantitative estimate of drug-likeness (QED) is 0.613. The van der Waals surface area contributed by atoms with Gasteiger partial charge >= 0.3 is 0 Å². The minimum atomic E-state index is -0.352. The van der Waals surface area contributed by atoms with Crippen molar-refractivity contribution in [2.45, 2.75) is 13.8 Å². The summed E-state index contributed by atoms with van der Waals surface area (Å²) in [6.45, 7) is 3.50. The van der Waals surface area contributed by atoms with Crippen LogP contribution < -0.4 is 0 Å². The summed E-state index contributed by atoms with van der Waals surface area (Å²) in [7, 11) is 0. The van der Waals surface area contributed by atoms with E-state index >= 15 is 0 Å². The first-order valence-corrected chi connectivity index (χ1v) is 5.60. The molecule has 0 heterocycles. The molecule has 0 bridgehead atoms. The lowest BCUT2D eigenvalue weighted by atomic mass is 10.1. The van der Waals surface area contributed by atoms with Crippen LogP contribution in [0.15, 0.2) is 36.4 Å². The van der Waals surface area contributed by atoms with Crippen LogP contribution in [0.3, 0.4) is 0 Å². The molecule has 0 nitrogen and oxygen atoms in total. The van der Waals surface area contributed by atoms with Gasteiger partial charge in [-0.25, -0.2) is 8.78 Å². The molecule has 0 aliphatic carbocycles. The molecule has 0 spiro atoms. The molecule has 0 saturated carbocycles. The fourth-order valence-electron chi connectivity index (χ4n) is 1.53. The van der Waals surface area contributed by atoms with Crippen molar-refractivity contribution in [3.8, 4) is 11.8 Å². The van der Waals surface area contributed by atoms with Gasteiger partial charge in [0.2, 0.25) is 0 Å². The average molecular weight is 242 g/mol. The van der Waals surface area contributed by atoms with Crippen molar-refractivity contribution >= 4 is 0 Å². The maximum atomic E-state index is 13.5. The Labute approximate surface area is 105 Å². The highest BCUT2D eigenvalue weighted by Gasteiger charge is 1.99. The second-order valence-electron chi connectivity index (χ2n) is 4.20. The summed E-state index contributed by atoms with van der Waals surface area (Å²) in [6, 6.07) is 9.58. The number of rotatable bonds is 0. The summed E-state index contributed by atoms with van der Waals surface area (Å²) >= 11 is 0. The highest BCUT2D eigenvalue weighted by molar-refractivity contribution is 5.44. The average Bonchev–Trinajstić information content (AvgIpc) is 2.32. The smallest absolute Gasteiger partial charge is 0.139 e. The zero-order chi connectivity index (χ0) is 13.1. The summed E-state index contributed by atoms with van der Waals surface area (Å²) < 4.78 is 26.8. The van der Waals surface area contributed by atoms with Crippen LogP contribution in [0.1, 0.15) is 22.3 Å². The molecule has 0 N–H and O–H groups in total. The van der Waals surface area contributed by atoms with Crippen LogP contribution in [0.2, 0.25) is 0 Å². The molecule has 0 aliphatic rings. The van der Waals surface area contributed by atoms with Gasteiger partial charge in [-0.15, -0.1) is 0 Å². The maximum Gasteiger partial charge on any atom is 0.139 e. The number of hydrogen-bond donors (Lipinski definition) is 0. The molecular formula is C16H12F2. The number of aryl methyl sites for hydroxylation is 2. The molecule has 2 aromatic carbocycles. The lowest BCUT2D eigenvalue weighted by Gasteiger charge is -1.97. The van der Waals surface area contributed by atoms with E-state index in [1.165, 1.54) is 12.1 Å². The van der Waals surface area contributed by atoms with Crippen LogP contribution in [-0.2, 0) is 0 Å². The van der Waals surface area contributed by atoms with Crippen LogP contribution in [0.25, 0.3) is 0 Å². The molecule has 0 radical (unpaired) electrons. The minimum Gasteiger partial charge on any atom is -0.207 e. The van der Waals surface area contributed by atoms with E-state index < -0.39 is 0 Å². The van der Waals surface area contributed by atoms with E-state index in [1.807, 2.05) is 6.92 Å². The van der Waals surface area contributed by atoms with Gasteiger partial charge in [0.15, 0.2) is 0 Å². The first-order chi connectivity index (χ1) is 8.56. The topological polar surface area (TPSA) is 0 Å². The van der Waals surface area contributed by atoms with Gasteiger partial charge in [-0.1, -0.05) is 24.0 Å². The van der Waals surface area contributed by atoms with Crippen LogP contribution >= 0.6 is 0 Å². The summed E-state index contributed by atoms with van der Waals surface area (Å²) in [5, 5.41) is 0. The van der Waals surface area contributed by atoms with Gasteiger partial charge < -0.3 is 0 Å². The predicted molar refractivity (Wildman–Crippen MR) is 68.3 cm³/mol.